The van der Waals surface area contributed by atoms with Gasteiger partial charge in [-0.25, -0.2) is 13.1 Å². The van der Waals surface area contributed by atoms with Crippen molar-refractivity contribution < 1.29 is 8.42 Å². The third-order valence-corrected chi connectivity index (χ3v) is 7.31. The Morgan fingerprint density at radius 1 is 1.06 bits per heavy atom. The molecule has 0 aromatic carbocycles. The monoisotopic (exact) mass is 323 g/mol. The molecule has 2 saturated carbocycles. The van der Waals surface area contributed by atoms with E-state index in [0.29, 0.717) is 0 Å². The number of rotatable bonds is 4. The van der Waals surface area contributed by atoms with Crippen molar-refractivity contribution in [1.82, 2.24) is 4.72 Å². The highest BCUT2D eigenvalue weighted by molar-refractivity contribution is 9.09. The largest absolute Gasteiger partial charge is 0.215 e. The first-order valence-corrected chi connectivity index (χ1v) is 9.34. The third-order valence-electron chi connectivity index (χ3n) is 4.17. The van der Waals surface area contributed by atoms with Crippen molar-refractivity contribution in [3.8, 4) is 0 Å². The molecule has 0 heterocycles. The van der Waals surface area contributed by atoms with Gasteiger partial charge in [-0.1, -0.05) is 48.0 Å². The van der Waals surface area contributed by atoms with Gasteiger partial charge in [-0.05, 0) is 25.7 Å². The van der Waals surface area contributed by atoms with Gasteiger partial charge < -0.3 is 0 Å². The summed E-state index contributed by atoms with van der Waals surface area (Å²) in [5.74, 6) is 0. The van der Waals surface area contributed by atoms with Crippen molar-refractivity contribution in [2.24, 2.45) is 0 Å². The molecule has 0 bridgehead atoms. The van der Waals surface area contributed by atoms with Crippen LogP contribution in [0, 0.1) is 0 Å². The van der Waals surface area contributed by atoms with Crippen LogP contribution in [0.2, 0.25) is 0 Å². The number of hydrogen-bond donors (Lipinski definition) is 1. The molecule has 3 nitrogen and oxygen atoms in total. The summed E-state index contributed by atoms with van der Waals surface area (Å²) in [6.07, 6.45) is 9.22. The predicted octanol–water partition coefficient (Wildman–Crippen LogP) is 2.95. The standard InChI is InChI=1S/C12H22BrNO2S/c13-10-12(8-4-5-9-12)14-17(15,16)11-6-2-1-3-7-11/h11,14H,1-10H2. The minimum absolute atomic E-state index is 0.146. The molecule has 2 aliphatic carbocycles. The van der Waals surface area contributed by atoms with Crippen LogP contribution in [0.1, 0.15) is 57.8 Å². The van der Waals surface area contributed by atoms with Gasteiger partial charge in [0.15, 0.2) is 0 Å². The lowest BCUT2D eigenvalue weighted by Crippen LogP contribution is -2.51. The van der Waals surface area contributed by atoms with Crippen molar-refractivity contribution in [2.45, 2.75) is 68.6 Å². The van der Waals surface area contributed by atoms with Crippen LogP contribution in [0.5, 0.6) is 0 Å². The first-order valence-electron chi connectivity index (χ1n) is 6.67. The molecule has 0 aliphatic heterocycles. The molecule has 0 aromatic rings. The molecule has 0 radical (unpaired) electrons. The summed E-state index contributed by atoms with van der Waals surface area (Å²) in [6.45, 7) is 0. The van der Waals surface area contributed by atoms with Gasteiger partial charge in [0.05, 0.1) is 5.25 Å². The van der Waals surface area contributed by atoms with Crippen LogP contribution in [-0.4, -0.2) is 24.5 Å². The van der Waals surface area contributed by atoms with Crippen molar-refractivity contribution in [3.63, 3.8) is 0 Å². The Morgan fingerprint density at radius 3 is 2.18 bits per heavy atom. The molecule has 0 spiro atoms. The van der Waals surface area contributed by atoms with Crippen LogP contribution in [0.3, 0.4) is 0 Å². The van der Waals surface area contributed by atoms with E-state index in [9.17, 15) is 8.42 Å². The zero-order chi connectivity index (χ0) is 12.4. The van der Waals surface area contributed by atoms with E-state index in [1.165, 1.54) is 6.42 Å². The van der Waals surface area contributed by atoms with Crippen LogP contribution < -0.4 is 4.72 Å². The summed E-state index contributed by atoms with van der Waals surface area (Å²) in [7, 11) is -3.12. The summed E-state index contributed by atoms with van der Waals surface area (Å²) in [6, 6.07) is 0. The normalized spacial score (nSPS) is 26.2. The minimum Gasteiger partial charge on any atom is -0.212 e. The molecule has 0 unspecified atom stereocenters. The number of nitrogens with one attached hydrogen (secondary N) is 1. The Kier molecular flexibility index (Phi) is 4.53. The fourth-order valence-corrected chi connectivity index (χ4v) is 5.96. The Balaban J connectivity index is 2.05. The van der Waals surface area contributed by atoms with Gasteiger partial charge in [0.1, 0.15) is 0 Å². The van der Waals surface area contributed by atoms with E-state index in [4.69, 9.17) is 0 Å². The molecule has 1 N–H and O–H groups in total. The van der Waals surface area contributed by atoms with E-state index >= 15 is 0 Å². The Bertz CT molecular complexity index is 344. The zero-order valence-electron chi connectivity index (χ0n) is 10.3. The average Bonchev–Trinajstić information content (AvgIpc) is 2.79. The minimum atomic E-state index is -3.12. The summed E-state index contributed by atoms with van der Waals surface area (Å²) >= 11 is 3.48. The van der Waals surface area contributed by atoms with Gasteiger partial charge >= 0.3 is 0 Å². The lowest BCUT2D eigenvalue weighted by Gasteiger charge is -2.31. The second kappa shape index (κ2) is 5.57. The molecule has 17 heavy (non-hydrogen) atoms. The number of hydrogen-bond acceptors (Lipinski definition) is 2. The van der Waals surface area contributed by atoms with E-state index < -0.39 is 10.0 Å². The molecule has 2 aliphatic rings. The highest BCUT2D eigenvalue weighted by Crippen LogP contribution is 2.33. The topological polar surface area (TPSA) is 46.2 Å². The second-order valence-electron chi connectivity index (χ2n) is 5.53. The molecule has 100 valence electrons. The molecule has 0 amide bonds. The van der Waals surface area contributed by atoms with E-state index in [1.807, 2.05) is 0 Å². The summed E-state index contributed by atoms with van der Waals surface area (Å²) in [4.78, 5) is 0. The molecule has 5 heteroatoms. The van der Waals surface area contributed by atoms with Crippen molar-refractivity contribution >= 4 is 26.0 Å². The van der Waals surface area contributed by atoms with Gasteiger partial charge in [-0.3, -0.25) is 0 Å². The Morgan fingerprint density at radius 2 is 1.65 bits per heavy atom. The summed E-state index contributed by atoms with van der Waals surface area (Å²) in [5.41, 5.74) is -0.198. The highest BCUT2D eigenvalue weighted by Gasteiger charge is 2.39. The highest BCUT2D eigenvalue weighted by atomic mass is 79.9. The predicted molar refractivity (Wildman–Crippen MR) is 73.9 cm³/mol. The van der Waals surface area contributed by atoms with Crippen molar-refractivity contribution in [2.75, 3.05) is 5.33 Å². The summed E-state index contributed by atoms with van der Waals surface area (Å²) < 4.78 is 27.8. The van der Waals surface area contributed by atoms with Crippen molar-refractivity contribution in [1.29, 1.82) is 0 Å². The van der Waals surface area contributed by atoms with E-state index in [-0.39, 0.29) is 10.8 Å². The molecule has 0 saturated heterocycles. The lowest BCUT2D eigenvalue weighted by atomic mass is 10.0. The number of sulfonamides is 1. The van der Waals surface area contributed by atoms with Gasteiger partial charge in [-0.15, -0.1) is 0 Å². The third kappa shape index (κ3) is 3.24. The van der Waals surface area contributed by atoms with Crippen LogP contribution in [0.25, 0.3) is 0 Å². The Labute approximate surface area is 113 Å². The molecule has 2 rings (SSSR count). The molecule has 0 aromatic heterocycles. The van der Waals surface area contributed by atoms with Crippen LogP contribution >= 0.6 is 15.9 Å². The molecule has 0 atom stereocenters. The smallest absolute Gasteiger partial charge is 0.212 e. The van der Waals surface area contributed by atoms with E-state index in [0.717, 1.165) is 56.7 Å². The first kappa shape index (κ1) is 13.8. The van der Waals surface area contributed by atoms with Gasteiger partial charge in [-0.2, -0.15) is 0 Å². The van der Waals surface area contributed by atoms with Crippen molar-refractivity contribution in [3.05, 3.63) is 0 Å². The van der Waals surface area contributed by atoms with Crippen LogP contribution in [0.15, 0.2) is 0 Å². The molecular weight excluding hydrogens is 302 g/mol. The van der Waals surface area contributed by atoms with Gasteiger partial charge in [0.2, 0.25) is 10.0 Å². The quantitative estimate of drug-likeness (QED) is 0.808. The number of halogens is 1. The molecule has 2 fully saturated rings. The van der Waals surface area contributed by atoms with Gasteiger partial charge in [0, 0.05) is 10.9 Å². The SMILES string of the molecule is O=S(=O)(NC1(CBr)CCCC1)C1CCCCC1. The average molecular weight is 324 g/mol. The van der Waals surface area contributed by atoms with E-state index in [1.54, 1.807) is 0 Å². The fourth-order valence-electron chi connectivity index (χ4n) is 3.08. The maximum atomic E-state index is 12.4. The van der Waals surface area contributed by atoms with Crippen LogP contribution in [0.4, 0.5) is 0 Å². The second-order valence-corrected chi connectivity index (χ2v) is 8.05. The number of alkyl halides is 1. The van der Waals surface area contributed by atoms with Crippen LogP contribution in [-0.2, 0) is 10.0 Å². The van der Waals surface area contributed by atoms with Gasteiger partial charge in [0.25, 0.3) is 0 Å². The first-order chi connectivity index (χ1) is 8.08. The Hall–Kier alpha value is 0.390. The lowest BCUT2D eigenvalue weighted by molar-refractivity contribution is 0.419. The fraction of sp³-hybridized carbons (Fsp3) is 1.00. The maximum absolute atomic E-state index is 12.4. The van der Waals surface area contributed by atoms with E-state index in [2.05, 4.69) is 20.7 Å². The summed E-state index contributed by atoms with van der Waals surface area (Å²) in [5, 5.41) is 0.596. The maximum Gasteiger partial charge on any atom is 0.215 e. The molecular formula is C12H22BrNO2S. The zero-order valence-corrected chi connectivity index (χ0v) is 12.7.